The zero-order valence-electron chi connectivity index (χ0n) is 10.1. The number of anilines is 2. The van der Waals surface area contributed by atoms with Gasteiger partial charge in [0.25, 0.3) is 0 Å². The average Bonchev–Trinajstić information content (AvgIpc) is 2.43. The van der Waals surface area contributed by atoms with E-state index < -0.39 is 9.84 Å². The van der Waals surface area contributed by atoms with Gasteiger partial charge in [-0.3, -0.25) is 4.79 Å². The molecular weight excluding hydrogens is 288 g/mol. The molecule has 1 atom stereocenters. The van der Waals surface area contributed by atoms with E-state index in [4.69, 9.17) is 11.6 Å². The van der Waals surface area contributed by atoms with Crippen LogP contribution in [0.4, 0.5) is 11.4 Å². The lowest BCUT2D eigenvalue weighted by Gasteiger charge is -2.35. The standard InChI is InChI=1S/C12H13ClN2O3S/c13-8-1-2-10-11(5-8)15-3-4-19(17,18)7-9(15)6-12(16)14-10/h1-2,5,9H,3-4,6-7H2,(H,14,16). The molecule has 0 bridgehead atoms. The molecule has 0 aromatic heterocycles. The fourth-order valence-electron chi connectivity index (χ4n) is 2.64. The number of rotatable bonds is 0. The van der Waals surface area contributed by atoms with Crippen molar-refractivity contribution in [3.05, 3.63) is 23.2 Å². The Morgan fingerprint density at radius 1 is 1.37 bits per heavy atom. The second-order valence-corrected chi connectivity index (χ2v) is 7.54. The minimum atomic E-state index is -3.06. The minimum absolute atomic E-state index is 0.0202. The molecule has 102 valence electrons. The summed E-state index contributed by atoms with van der Waals surface area (Å²) in [6.45, 7) is 0.398. The van der Waals surface area contributed by atoms with Crippen LogP contribution in [-0.4, -0.2) is 38.4 Å². The monoisotopic (exact) mass is 300 g/mol. The minimum Gasteiger partial charge on any atom is -0.364 e. The second kappa shape index (κ2) is 4.38. The first kappa shape index (κ1) is 12.7. The van der Waals surface area contributed by atoms with E-state index in [1.165, 1.54) is 0 Å². The smallest absolute Gasteiger partial charge is 0.226 e. The summed E-state index contributed by atoms with van der Waals surface area (Å²) in [7, 11) is -3.06. The summed E-state index contributed by atoms with van der Waals surface area (Å²) in [6.07, 6.45) is 0.186. The van der Waals surface area contributed by atoms with Crippen LogP contribution in [0.5, 0.6) is 0 Å². The van der Waals surface area contributed by atoms with Crippen molar-refractivity contribution >= 4 is 38.7 Å². The highest BCUT2D eigenvalue weighted by Gasteiger charge is 2.35. The summed E-state index contributed by atoms with van der Waals surface area (Å²) in [6, 6.07) is 4.93. The van der Waals surface area contributed by atoms with Crippen LogP contribution in [-0.2, 0) is 14.6 Å². The van der Waals surface area contributed by atoms with Crippen LogP contribution in [0.1, 0.15) is 6.42 Å². The zero-order chi connectivity index (χ0) is 13.6. The van der Waals surface area contributed by atoms with E-state index >= 15 is 0 Å². The second-order valence-electron chi connectivity index (χ2n) is 4.88. The predicted molar refractivity (Wildman–Crippen MR) is 74.5 cm³/mol. The van der Waals surface area contributed by atoms with Gasteiger partial charge in [-0.15, -0.1) is 0 Å². The molecule has 1 amide bonds. The van der Waals surface area contributed by atoms with Gasteiger partial charge < -0.3 is 10.2 Å². The number of carbonyl (C=O) groups excluding carboxylic acids is 1. The number of nitrogens with one attached hydrogen (secondary N) is 1. The van der Waals surface area contributed by atoms with Crippen LogP contribution in [0.2, 0.25) is 5.02 Å². The van der Waals surface area contributed by atoms with Gasteiger partial charge in [0.2, 0.25) is 5.91 Å². The number of amides is 1. The van der Waals surface area contributed by atoms with Crippen molar-refractivity contribution in [2.45, 2.75) is 12.5 Å². The molecule has 2 aliphatic rings. The summed E-state index contributed by atoms with van der Waals surface area (Å²) in [4.78, 5) is 13.8. The predicted octanol–water partition coefficient (Wildman–Crippen LogP) is 1.29. The highest BCUT2D eigenvalue weighted by molar-refractivity contribution is 7.91. The summed E-state index contributed by atoms with van der Waals surface area (Å²) in [5.74, 6) is -0.0242. The molecule has 1 aromatic rings. The Balaban J connectivity index is 2.07. The molecule has 7 heteroatoms. The van der Waals surface area contributed by atoms with Crippen molar-refractivity contribution in [1.82, 2.24) is 0 Å². The van der Waals surface area contributed by atoms with Gasteiger partial charge in [0, 0.05) is 18.0 Å². The molecule has 0 spiro atoms. The normalized spacial score (nSPS) is 25.0. The lowest BCUT2D eigenvalue weighted by Crippen LogP contribution is -2.48. The quantitative estimate of drug-likeness (QED) is 0.784. The Morgan fingerprint density at radius 2 is 2.16 bits per heavy atom. The van der Waals surface area contributed by atoms with Crippen molar-refractivity contribution in [2.24, 2.45) is 0 Å². The van der Waals surface area contributed by atoms with E-state index in [1.54, 1.807) is 18.2 Å². The first-order chi connectivity index (χ1) is 8.94. The molecule has 0 saturated carbocycles. The van der Waals surface area contributed by atoms with Crippen molar-refractivity contribution in [2.75, 3.05) is 28.3 Å². The Kier molecular flexibility index (Phi) is 2.94. The van der Waals surface area contributed by atoms with E-state index in [0.717, 1.165) is 5.69 Å². The van der Waals surface area contributed by atoms with Crippen LogP contribution in [0.25, 0.3) is 0 Å². The molecule has 0 aliphatic carbocycles. The first-order valence-corrected chi connectivity index (χ1v) is 8.21. The van der Waals surface area contributed by atoms with Crippen LogP contribution in [0, 0.1) is 0 Å². The van der Waals surface area contributed by atoms with E-state index in [1.807, 2.05) is 4.90 Å². The highest BCUT2D eigenvalue weighted by atomic mass is 35.5. The van der Waals surface area contributed by atoms with Gasteiger partial charge in [-0.1, -0.05) is 11.6 Å². The maximum atomic E-state index is 11.8. The number of sulfone groups is 1. The highest BCUT2D eigenvalue weighted by Crippen LogP contribution is 2.35. The number of hydrogen-bond donors (Lipinski definition) is 1. The number of benzene rings is 1. The Labute approximate surface area is 116 Å². The number of halogens is 1. The molecule has 3 rings (SSSR count). The summed E-state index contributed by atoms with van der Waals surface area (Å²) in [5, 5.41) is 3.37. The fourth-order valence-corrected chi connectivity index (χ4v) is 4.33. The summed E-state index contributed by atoms with van der Waals surface area (Å²) >= 11 is 6.00. The van der Waals surface area contributed by atoms with Crippen LogP contribution in [0.15, 0.2) is 18.2 Å². The maximum Gasteiger partial charge on any atom is 0.226 e. The first-order valence-electron chi connectivity index (χ1n) is 6.01. The number of carbonyl (C=O) groups is 1. The molecule has 2 aliphatic heterocycles. The fraction of sp³-hybridized carbons (Fsp3) is 0.417. The molecule has 0 radical (unpaired) electrons. The van der Waals surface area contributed by atoms with Crippen LogP contribution >= 0.6 is 11.6 Å². The molecule has 1 N–H and O–H groups in total. The molecule has 1 aromatic carbocycles. The molecule has 2 heterocycles. The maximum absolute atomic E-state index is 11.8. The summed E-state index contributed by atoms with van der Waals surface area (Å²) in [5.41, 5.74) is 1.49. The van der Waals surface area contributed by atoms with Crippen molar-refractivity contribution < 1.29 is 13.2 Å². The zero-order valence-corrected chi connectivity index (χ0v) is 11.7. The molecule has 1 saturated heterocycles. The Hall–Kier alpha value is -1.27. The van der Waals surface area contributed by atoms with Gasteiger partial charge in [0.15, 0.2) is 9.84 Å². The van der Waals surface area contributed by atoms with Gasteiger partial charge in [-0.05, 0) is 18.2 Å². The van der Waals surface area contributed by atoms with E-state index in [0.29, 0.717) is 17.3 Å². The lowest BCUT2D eigenvalue weighted by molar-refractivity contribution is -0.116. The Bertz CT molecular complexity index is 644. The number of nitrogens with zero attached hydrogens (tertiary/aromatic N) is 1. The van der Waals surface area contributed by atoms with Gasteiger partial charge in [0.05, 0.1) is 28.9 Å². The van der Waals surface area contributed by atoms with Gasteiger partial charge in [0.1, 0.15) is 0 Å². The van der Waals surface area contributed by atoms with Crippen LogP contribution < -0.4 is 10.2 Å². The third-order valence-electron chi connectivity index (χ3n) is 3.49. The molecule has 1 unspecified atom stereocenters. The lowest BCUT2D eigenvalue weighted by atomic mass is 10.1. The van der Waals surface area contributed by atoms with Gasteiger partial charge in [-0.25, -0.2) is 8.42 Å². The topological polar surface area (TPSA) is 66.5 Å². The third-order valence-corrected chi connectivity index (χ3v) is 5.43. The molecule has 5 nitrogen and oxygen atoms in total. The molecule has 1 fully saturated rings. The van der Waals surface area contributed by atoms with Crippen molar-refractivity contribution in [3.8, 4) is 0 Å². The van der Waals surface area contributed by atoms with Crippen molar-refractivity contribution in [3.63, 3.8) is 0 Å². The molecular formula is C12H13ClN2O3S. The largest absolute Gasteiger partial charge is 0.364 e. The van der Waals surface area contributed by atoms with E-state index in [9.17, 15) is 13.2 Å². The number of hydrogen-bond acceptors (Lipinski definition) is 4. The van der Waals surface area contributed by atoms with Crippen LogP contribution in [0.3, 0.4) is 0 Å². The van der Waals surface area contributed by atoms with E-state index in [2.05, 4.69) is 5.32 Å². The van der Waals surface area contributed by atoms with Gasteiger partial charge in [-0.2, -0.15) is 0 Å². The Morgan fingerprint density at radius 3 is 2.95 bits per heavy atom. The summed E-state index contributed by atoms with van der Waals surface area (Å²) < 4.78 is 23.4. The van der Waals surface area contributed by atoms with Gasteiger partial charge >= 0.3 is 0 Å². The third kappa shape index (κ3) is 2.42. The average molecular weight is 301 g/mol. The van der Waals surface area contributed by atoms with Crippen molar-refractivity contribution in [1.29, 1.82) is 0 Å². The van der Waals surface area contributed by atoms with E-state index in [-0.39, 0.29) is 29.9 Å². The SMILES string of the molecule is O=C1CC2CS(=O)(=O)CCN2c2cc(Cl)ccc2N1. The molecule has 19 heavy (non-hydrogen) atoms. The number of fused-ring (bicyclic) bond motifs is 3.